The van der Waals surface area contributed by atoms with Crippen LogP contribution in [0.1, 0.15) is 61.2 Å². The zero-order valence-corrected chi connectivity index (χ0v) is 19.1. The van der Waals surface area contributed by atoms with Gasteiger partial charge in [0.15, 0.2) is 5.78 Å². The van der Waals surface area contributed by atoms with Crippen LogP contribution in [0, 0.1) is 6.92 Å². The number of hydrogen-bond donors (Lipinski definition) is 2. The second kappa shape index (κ2) is 12.9. The fraction of sp³-hybridized carbons (Fsp3) is 0.417. The zero-order valence-electron chi connectivity index (χ0n) is 19.1. The lowest BCUT2D eigenvalue weighted by Gasteiger charge is -2.22. The average Bonchev–Trinajstić information content (AvgIpc) is 3.11. The number of aryl methyl sites for hydroxylation is 1. The molecule has 0 aliphatic carbocycles. The molecule has 1 aliphatic heterocycles. The van der Waals surface area contributed by atoms with E-state index in [4.69, 9.17) is 0 Å². The third-order valence-electron chi connectivity index (χ3n) is 4.77. The first-order chi connectivity index (χ1) is 14.6. The second-order valence-electron chi connectivity index (χ2n) is 6.79. The van der Waals surface area contributed by atoms with E-state index in [0.717, 1.165) is 29.7 Å². The standard InChI is InChI=1S/C14H17NO2.C7H5F3.C2H6.CH5N/c1-9-4-5-11(8-12(9)10(2)16)14(3)6-7-15-13(14)17;8-7(9,10)6-4-2-1-3-5-6;2*1-2/h4-5,8H,6-7H2,1-3H3,(H,15,17);1-5H;1-2H3;2H2,1H3. The van der Waals surface area contributed by atoms with Crippen molar-refractivity contribution in [2.45, 2.75) is 52.6 Å². The van der Waals surface area contributed by atoms with Gasteiger partial charge in [0.25, 0.3) is 0 Å². The third kappa shape index (κ3) is 7.83. The summed E-state index contributed by atoms with van der Waals surface area (Å²) in [5.41, 5.74) is 6.02. The smallest absolute Gasteiger partial charge is 0.355 e. The number of ketones is 1. The first-order valence-corrected chi connectivity index (χ1v) is 10.2. The lowest BCUT2D eigenvalue weighted by atomic mass is 9.80. The molecule has 0 bridgehead atoms. The minimum absolute atomic E-state index is 0.0476. The number of alkyl halides is 3. The van der Waals surface area contributed by atoms with Crippen LogP contribution in [0.4, 0.5) is 13.2 Å². The summed E-state index contributed by atoms with van der Waals surface area (Å²) < 4.78 is 35.4. The Balaban J connectivity index is 0.000000549. The molecule has 1 amide bonds. The molecule has 1 fully saturated rings. The van der Waals surface area contributed by atoms with Crippen LogP contribution >= 0.6 is 0 Å². The number of nitrogens with one attached hydrogen (secondary N) is 1. The molecule has 1 unspecified atom stereocenters. The minimum atomic E-state index is -4.21. The molecule has 7 heteroatoms. The summed E-state index contributed by atoms with van der Waals surface area (Å²) in [7, 11) is 1.50. The Labute approximate surface area is 183 Å². The molecule has 0 spiro atoms. The number of halogens is 3. The van der Waals surface area contributed by atoms with Gasteiger partial charge in [-0.15, -0.1) is 0 Å². The normalized spacial score (nSPS) is 17.0. The number of nitrogens with two attached hydrogens (primary N) is 1. The van der Waals surface area contributed by atoms with E-state index < -0.39 is 17.2 Å². The largest absolute Gasteiger partial charge is 0.416 e. The summed E-state index contributed by atoms with van der Waals surface area (Å²) in [5, 5.41) is 2.85. The van der Waals surface area contributed by atoms with Gasteiger partial charge in [-0.2, -0.15) is 13.2 Å². The van der Waals surface area contributed by atoms with Gasteiger partial charge in [0.1, 0.15) is 0 Å². The van der Waals surface area contributed by atoms with Gasteiger partial charge in [0.2, 0.25) is 5.91 Å². The van der Waals surface area contributed by atoms with Gasteiger partial charge in [-0.1, -0.05) is 56.3 Å². The van der Waals surface area contributed by atoms with Gasteiger partial charge in [-0.05, 0) is 51.4 Å². The van der Waals surface area contributed by atoms with Gasteiger partial charge < -0.3 is 11.1 Å². The molecule has 0 aromatic heterocycles. The van der Waals surface area contributed by atoms with Crippen LogP contribution in [-0.4, -0.2) is 25.3 Å². The van der Waals surface area contributed by atoms with E-state index in [-0.39, 0.29) is 11.7 Å². The maximum atomic E-state index is 11.9. The molecule has 0 radical (unpaired) electrons. The Morgan fingerprint density at radius 2 is 1.61 bits per heavy atom. The van der Waals surface area contributed by atoms with E-state index in [1.807, 2.05) is 45.9 Å². The monoisotopic (exact) mass is 438 g/mol. The number of carbonyl (C=O) groups excluding carboxylic acids is 2. The predicted molar refractivity (Wildman–Crippen MR) is 119 cm³/mol. The molecule has 1 heterocycles. The van der Waals surface area contributed by atoms with Crippen molar-refractivity contribution in [3.8, 4) is 0 Å². The van der Waals surface area contributed by atoms with Gasteiger partial charge in [0, 0.05) is 12.1 Å². The van der Waals surface area contributed by atoms with Crippen molar-refractivity contribution in [2.75, 3.05) is 13.6 Å². The molecule has 3 N–H and O–H groups in total. The maximum Gasteiger partial charge on any atom is 0.416 e. The van der Waals surface area contributed by atoms with Crippen LogP contribution in [0.5, 0.6) is 0 Å². The number of amides is 1. The predicted octanol–water partition coefficient (Wildman–Crippen LogP) is 5.28. The van der Waals surface area contributed by atoms with Crippen molar-refractivity contribution < 1.29 is 22.8 Å². The minimum Gasteiger partial charge on any atom is -0.355 e. The van der Waals surface area contributed by atoms with Crippen LogP contribution in [0.2, 0.25) is 0 Å². The molecule has 4 nitrogen and oxygen atoms in total. The second-order valence-corrected chi connectivity index (χ2v) is 6.79. The highest BCUT2D eigenvalue weighted by molar-refractivity contribution is 5.96. The van der Waals surface area contributed by atoms with Gasteiger partial charge in [0.05, 0.1) is 11.0 Å². The molecule has 3 rings (SSSR count). The van der Waals surface area contributed by atoms with Crippen LogP contribution in [-0.2, 0) is 16.4 Å². The molecule has 172 valence electrons. The third-order valence-corrected chi connectivity index (χ3v) is 4.77. The Bertz CT molecular complexity index is 836. The number of hydrogen-bond acceptors (Lipinski definition) is 3. The SMILES string of the molecule is CC.CC(=O)c1cc(C2(C)CCNC2=O)ccc1C.CN.FC(F)(F)c1ccccc1. The zero-order chi connectivity index (χ0) is 24.2. The van der Waals surface area contributed by atoms with Crippen LogP contribution in [0.25, 0.3) is 0 Å². The highest BCUT2D eigenvalue weighted by Gasteiger charge is 2.39. The number of benzene rings is 2. The summed E-state index contributed by atoms with van der Waals surface area (Å²) >= 11 is 0. The van der Waals surface area contributed by atoms with E-state index in [1.54, 1.807) is 13.0 Å². The fourth-order valence-electron chi connectivity index (χ4n) is 2.98. The molecule has 1 aliphatic rings. The van der Waals surface area contributed by atoms with Crippen molar-refractivity contribution >= 4 is 11.7 Å². The maximum absolute atomic E-state index is 11.9. The highest BCUT2D eigenvalue weighted by atomic mass is 19.4. The summed E-state index contributed by atoms with van der Waals surface area (Å²) in [4.78, 5) is 23.4. The van der Waals surface area contributed by atoms with Crippen molar-refractivity contribution in [3.63, 3.8) is 0 Å². The number of Topliss-reactive ketones (excluding diaryl/α,β-unsaturated/α-hetero) is 1. The quantitative estimate of drug-likeness (QED) is 0.627. The number of carbonyl (C=O) groups is 2. The first-order valence-electron chi connectivity index (χ1n) is 10.2. The van der Waals surface area contributed by atoms with Crippen molar-refractivity contribution in [1.29, 1.82) is 0 Å². The summed E-state index contributed by atoms with van der Waals surface area (Å²) in [6.07, 6.45) is -3.42. The van der Waals surface area contributed by atoms with Gasteiger partial charge >= 0.3 is 6.18 Å². The molecular weight excluding hydrogens is 405 g/mol. The van der Waals surface area contributed by atoms with Crippen LogP contribution in [0.15, 0.2) is 48.5 Å². The van der Waals surface area contributed by atoms with Crippen LogP contribution in [0.3, 0.4) is 0 Å². The Kier molecular flexibility index (Phi) is 11.8. The molecule has 31 heavy (non-hydrogen) atoms. The number of rotatable bonds is 2. The van der Waals surface area contributed by atoms with E-state index >= 15 is 0 Å². The average molecular weight is 439 g/mol. The van der Waals surface area contributed by atoms with Gasteiger partial charge in [-0.3, -0.25) is 9.59 Å². The fourth-order valence-corrected chi connectivity index (χ4v) is 2.98. The Morgan fingerprint density at radius 3 is 2.00 bits per heavy atom. The highest BCUT2D eigenvalue weighted by Crippen LogP contribution is 2.32. The summed E-state index contributed by atoms with van der Waals surface area (Å²) in [6.45, 7) is 10.1. The topological polar surface area (TPSA) is 72.2 Å². The lowest BCUT2D eigenvalue weighted by Crippen LogP contribution is -2.32. The molecular formula is C24H33F3N2O2. The molecule has 1 saturated heterocycles. The summed E-state index contributed by atoms with van der Waals surface area (Å²) in [6, 6.07) is 12.1. The van der Waals surface area contributed by atoms with E-state index in [2.05, 4.69) is 11.1 Å². The Morgan fingerprint density at radius 1 is 1.06 bits per heavy atom. The molecule has 2 aromatic carbocycles. The Hall–Kier alpha value is -2.67. The van der Waals surface area contributed by atoms with Gasteiger partial charge in [-0.25, -0.2) is 0 Å². The van der Waals surface area contributed by atoms with E-state index in [1.165, 1.54) is 19.2 Å². The molecule has 1 atom stereocenters. The van der Waals surface area contributed by atoms with Crippen molar-refractivity contribution in [2.24, 2.45) is 5.73 Å². The van der Waals surface area contributed by atoms with Crippen molar-refractivity contribution in [3.05, 3.63) is 70.8 Å². The first kappa shape index (κ1) is 28.3. The lowest BCUT2D eigenvalue weighted by molar-refractivity contribution is -0.137. The summed E-state index contributed by atoms with van der Waals surface area (Å²) in [5.74, 6) is 0.0993. The molecule has 2 aromatic rings. The van der Waals surface area contributed by atoms with E-state index in [0.29, 0.717) is 12.1 Å². The van der Waals surface area contributed by atoms with Crippen LogP contribution < -0.4 is 11.1 Å². The molecule has 0 saturated carbocycles. The van der Waals surface area contributed by atoms with E-state index in [9.17, 15) is 22.8 Å². The van der Waals surface area contributed by atoms with Crippen molar-refractivity contribution in [1.82, 2.24) is 5.32 Å².